The lowest BCUT2D eigenvalue weighted by Gasteiger charge is -2.01. The molecule has 0 aliphatic rings. The molecule has 0 bridgehead atoms. The van der Waals surface area contributed by atoms with Gasteiger partial charge in [-0.2, -0.15) is 5.26 Å². The first-order valence-corrected chi connectivity index (χ1v) is 4.11. The molecule has 0 saturated carbocycles. The number of hydrogen-bond donors (Lipinski definition) is 1. The first-order chi connectivity index (χ1) is 6.72. The molecule has 14 heavy (non-hydrogen) atoms. The van der Waals surface area contributed by atoms with Crippen LogP contribution in [0.4, 0.5) is 0 Å². The van der Waals surface area contributed by atoms with Crippen molar-refractivity contribution < 1.29 is 0 Å². The SMILES string of the molecule is Cc1ccc(C#N)c2[nH]c(=O)ncc12. The van der Waals surface area contributed by atoms with Gasteiger partial charge in [-0.15, -0.1) is 0 Å². The van der Waals surface area contributed by atoms with Crippen molar-refractivity contribution in [1.82, 2.24) is 9.97 Å². The number of aromatic nitrogens is 2. The van der Waals surface area contributed by atoms with Gasteiger partial charge in [-0.25, -0.2) is 9.78 Å². The first kappa shape index (κ1) is 8.45. The van der Waals surface area contributed by atoms with Crippen LogP contribution in [0.5, 0.6) is 0 Å². The summed E-state index contributed by atoms with van der Waals surface area (Å²) in [7, 11) is 0. The maximum absolute atomic E-state index is 11.0. The summed E-state index contributed by atoms with van der Waals surface area (Å²) in [5.41, 5.74) is 1.58. The Hall–Kier alpha value is -2.15. The van der Waals surface area contributed by atoms with Gasteiger partial charge in [-0.1, -0.05) is 6.07 Å². The van der Waals surface area contributed by atoms with Gasteiger partial charge < -0.3 is 4.98 Å². The summed E-state index contributed by atoms with van der Waals surface area (Å²) < 4.78 is 0. The van der Waals surface area contributed by atoms with Crippen LogP contribution < -0.4 is 5.69 Å². The largest absolute Gasteiger partial charge is 0.345 e. The zero-order valence-corrected chi connectivity index (χ0v) is 7.53. The molecule has 0 aliphatic heterocycles. The van der Waals surface area contributed by atoms with Crippen LogP contribution in [0.15, 0.2) is 23.1 Å². The lowest BCUT2D eigenvalue weighted by molar-refractivity contribution is 1.11. The highest BCUT2D eigenvalue weighted by atomic mass is 16.1. The van der Waals surface area contributed by atoms with E-state index in [0.29, 0.717) is 11.1 Å². The lowest BCUT2D eigenvalue weighted by atomic mass is 10.1. The fourth-order valence-electron chi connectivity index (χ4n) is 1.38. The Morgan fingerprint density at radius 1 is 1.50 bits per heavy atom. The Kier molecular flexibility index (Phi) is 1.79. The summed E-state index contributed by atoms with van der Waals surface area (Å²) in [6.07, 6.45) is 1.49. The number of aromatic amines is 1. The highest BCUT2D eigenvalue weighted by molar-refractivity contribution is 5.85. The second-order valence-electron chi connectivity index (χ2n) is 3.02. The molecule has 68 valence electrons. The average Bonchev–Trinajstić information content (AvgIpc) is 2.18. The van der Waals surface area contributed by atoms with Gasteiger partial charge >= 0.3 is 5.69 Å². The maximum atomic E-state index is 11.0. The predicted molar refractivity (Wildman–Crippen MR) is 51.8 cm³/mol. The minimum absolute atomic E-state index is 0.431. The normalized spacial score (nSPS) is 10.0. The second-order valence-corrected chi connectivity index (χ2v) is 3.02. The molecule has 1 heterocycles. The summed E-state index contributed by atoms with van der Waals surface area (Å²) in [6.45, 7) is 1.91. The molecule has 4 heteroatoms. The number of hydrogen-bond acceptors (Lipinski definition) is 3. The van der Waals surface area contributed by atoms with Crippen molar-refractivity contribution in [3.63, 3.8) is 0 Å². The fourth-order valence-corrected chi connectivity index (χ4v) is 1.38. The molecule has 0 spiro atoms. The zero-order chi connectivity index (χ0) is 10.1. The number of aryl methyl sites for hydroxylation is 1. The lowest BCUT2D eigenvalue weighted by Crippen LogP contribution is -2.09. The number of rotatable bonds is 0. The van der Waals surface area contributed by atoms with Gasteiger partial charge in [-0.3, -0.25) is 0 Å². The number of nitrogens with zero attached hydrogens (tertiary/aromatic N) is 2. The third kappa shape index (κ3) is 1.15. The van der Waals surface area contributed by atoms with Gasteiger partial charge in [0.25, 0.3) is 0 Å². The van der Waals surface area contributed by atoms with E-state index in [0.717, 1.165) is 10.9 Å². The Bertz CT molecular complexity index is 592. The Morgan fingerprint density at radius 2 is 2.29 bits per heavy atom. The molecule has 4 nitrogen and oxygen atoms in total. The van der Waals surface area contributed by atoms with E-state index >= 15 is 0 Å². The number of nitrogens with one attached hydrogen (secondary N) is 1. The zero-order valence-electron chi connectivity index (χ0n) is 7.53. The van der Waals surface area contributed by atoms with E-state index in [1.807, 2.05) is 19.1 Å². The van der Waals surface area contributed by atoms with Crippen molar-refractivity contribution in [2.24, 2.45) is 0 Å². The molecule has 0 aliphatic carbocycles. The van der Waals surface area contributed by atoms with Crippen LogP contribution in [-0.4, -0.2) is 9.97 Å². The van der Waals surface area contributed by atoms with E-state index in [9.17, 15) is 4.79 Å². The molecular formula is C10H7N3O. The van der Waals surface area contributed by atoms with E-state index in [1.165, 1.54) is 6.20 Å². The molecule has 0 saturated heterocycles. The third-order valence-corrected chi connectivity index (χ3v) is 2.13. The van der Waals surface area contributed by atoms with E-state index in [4.69, 9.17) is 5.26 Å². The number of nitriles is 1. The molecule has 1 aromatic carbocycles. The summed E-state index contributed by atoms with van der Waals surface area (Å²) in [4.78, 5) is 17.2. The van der Waals surface area contributed by atoms with Gasteiger partial charge in [0.15, 0.2) is 0 Å². The Balaban J connectivity index is 3.01. The van der Waals surface area contributed by atoms with Crippen LogP contribution in [0.25, 0.3) is 10.9 Å². The van der Waals surface area contributed by atoms with Crippen LogP contribution >= 0.6 is 0 Å². The topological polar surface area (TPSA) is 69.5 Å². The smallest absolute Gasteiger partial charge is 0.304 e. The highest BCUT2D eigenvalue weighted by Crippen LogP contribution is 2.17. The summed E-state index contributed by atoms with van der Waals surface area (Å²) in [6, 6.07) is 5.55. The minimum Gasteiger partial charge on any atom is -0.304 e. The molecule has 1 aromatic heterocycles. The van der Waals surface area contributed by atoms with Gasteiger partial charge in [0, 0.05) is 11.6 Å². The van der Waals surface area contributed by atoms with Crippen molar-refractivity contribution in [2.45, 2.75) is 6.92 Å². The molecule has 2 rings (SSSR count). The van der Waals surface area contributed by atoms with Crippen LogP contribution in [-0.2, 0) is 0 Å². The Morgan fingerprint density at radius 3 is 3.00 bits per heavy atom. The van der Waals surface area contributed by atoms with Crippen molar-refractivity contribution in [2.75, 3.05) is 0 Å². The van der Waals surface area contributed by atoms with E-state index < -0.39 is 5.69 Å². The fraction of sp³-hybridized carbons (Fsp3) is 0.100. The quantitative estimate of drug-likeness (QED) is 0.668. The van der Waals surface area contributed by atoms with Gasteiger partial charge in [0.1, 0.15) is 6.07 Å². The van der Waals surface area contributed by atoms with Crippen molar-refractivity contribution >= 4 is 10.9 Å². The monoisotopic (exact) mass is 185 g/mol. The number of H-pyrrole nitrogens is 1. The van der Waals surface area contributed by atoms with Crippen LogP contribution in [0, 0.1) is 18.3 Å². The van der Waals surface area contributed by atoms with Gasteiger partial charge in [0.2, 0.25) is 0 Å². The van der Waals surface area contributed by atoms with Crippen LogP contribution in [0.1, 0.15) is 11.1 Å². The van der Waals surface area contributed by atoms with E-state index in [-0.39, 0.29) is 0 Å². The average molecular weight is 185 g/mol. The van der Waals surface area contributed by atoms with Crippen molar-refractivity contribution in [1.29, 1.82) is 5.26 Å². The van der Waals surface area contributed by atoms with E-state index in [1.54, 1.807) is 6.07 Å². The van der Waals surface area contributed by atoms with Gasteiger partial charge in [0.05, 0.1) is 11.1 Å². The molecule has 0 amide bonds. The predicted octanol–water partition coefficient (Wildman–Crippen LogP) is 1.10. The summed E-state index contributed by atoms with van der Waals surface area (Å²) >= 11 is 0. The van der Waals surface area contributed by atoms with Crippen molar-refractivity contribution in [3.8, 4) is 6.07 Å². The highest BCUT2D eigenvalue weighted by Gasteiger charge is 2.03. The second kappa shape index (κ2) is 2.96. The molecular weight excluding hydrogens is 178 g/mol. The number of benzene rings is 1. The first-order valence-electron chi connectivity index (χ1n) is 4.11. The molecule has 0 radical (unpaired) electrons. The standard InChI is InChI=1S/C10H7N3O/c1-6-2-3-7(4-11)9-8(6)5-12-10(14)13-9/h2-3,5H,1H3,(H,12,13,14). The number of fused-ring (bicyclic) bond motifs is 1. The molecule has 1 N–H and O–H groups in total. The third-order valence-electron chi connectivity index (χ3n) is 2.13. The molecule has 2 aromatic rings. The maximum Gasteiger partial charge on any atom is 0.345 e. The minimum atomic E-state index is -0.431. The molecule has 0 atom stereocenters. The van der Waals surface area contributed by atoms with E-state index in [2.05, 4.69) is 9.97 Å². The molecule has 0 unspecified atom stereocenters. The van der Waals surface area contributed by atoms with Crippen LogP contribution in [0.3, 0.4) is 0 Å². The summed E-state index contributed by atoms with van der Waals surface area (Å²) in [5, 5.41) is 9.63. The van der Waals surface area contributed by atoms with Crippen molar-refractivity contribution in [3.05, 3.63) is 39.9 Å². The Labute approximate surface area is 79.8 Å². The van der Waals surface area contributed by atoms with Crippen LogP contribution in [0.2, 0.25) is 0 Å². The van der Waals surface area contributed by atoms with Gasteiger partial charge in [-0.05, 0) is 18.6 Å². The summed E-state index contributed by atoms with van der Waals surface area (Å²) in [5.74, 6) is 0. The molecule has 0 fully saturated rings.